The van der Waals surface area contributed by atoms with Gasteiger partial charge < -0.3 is 9.08 Å². The maximum Gasteiger partial charge on any atom is 0.141 e. The lowest BCUT2D eigenvalue weighted by Crippen LogP contribution is -1.81. The SMILES string of the molecule is Cc1noc(C)c1-c1ccc2sc(S(=O)[O-])cc2c1. The zero-order valence-corrected chi connectivity index (χ0v) is 11.9. The summed E-state index contributed by atoms with van der Waals surface area (Å²) < 4.78 is 28.4. The minimum absolute atomic E-state index is 0.353. The number of hydrogen-bond donors (Lipinski definition) is 0. The van der Waals surface area contributed by atoms with Crippen LogP contribution in [0.1, 0.15) is 11.5 Å². The molecule has 1 unspecified atom stereocenters. The van der Waals surface area contributed by atoms with Gasteiger partial charge in [-0.3, -0.25) is 4.21 Å². The molecule has 0 saturated carbocycles. The molecule has 0 amide bonds. The van der Waals surface area contributed by atoms with Crippen molar-refractivity contribution in [1.82, 2.24) is 5.16 Å². The van der Waals surface area contributed by atoms with Crippen molar-refractivity contribution in [3.8, 4) is 11.1 Å². The number of hydrogen-bond acceptors (Lipinski definition) is 5. The summed E-state index contributed by atoms with van der Waals surface area (Å²) in [4.78, 5) is 0. The van der Waals surface area contributed by atoms with Crippen LogP contribution in [0.3, 0.4) is 0 Å². The first kappa shape index (κ1) is 12.5. The standard InChI is InChI=1S/C13H11NO3S2/c1-7-13(8(2)17-14-7)9-3-4-11-10(5-9)6-12(18-11)19(15)16/h3-6H,1-2H3,(H,15,16)/p-1. The van der Waals surface area contributed by atoms with Crippen LogP contribution >= 0.6 is 11.3 Å². The number of fused-ring (bicyclic) bond motifs is 1. The second-order valence-corrected chi connectivity index (χ2v) is 6.50. The van der Waals surface area contributed by atoms with Gasteiger partial charge in [0.15, 0.2) is 0 Å². The second-order valence-electron chi connectivity index (χ2n) is 4.25. The van der Waals surface area contributed by atoms with Gasteiger partial charge in [-0.05, 0) is 54.1 Å². The molecule has 0 aliphatic heterocycles. The third-order valence-corrected chi connectivity index (χ3v) is 5.00. The lowest BCUT2D eigenvalue weighted by Gasteiger charge is -2.00. The fourth-order valence-electron chi connectivity index (χ4n) is 2.15. The van der Waals surface area contributed by atoms with Crippen molar-refractivity contribution in [3.05, 3.63) is 35.7 Å². The van der Waals surface area contributed by atoms with Crippen LogP contribution < -0.4 is 0 Å². The number of thiophene rings is 1. The zero-order valence-electron chi connectivity index (χ0n) is 10.3. The average Bonchev–Trinajstić information content (AvgIpc) is 2.92. The minimum atomic E-state index is -2.18. The van der Waals surface area contributed by atoms with Crippen LogP contribution in [0.15, 0.2) is 33.0 Å². The molecule has 0 radical (unpaired) electrons. The van der Waals surface area contributed by atoms with E-state index >= 15 is 0 Å². The molecule has 2 heterocycles. The fourth-order valence-corrected chi connectivity index (χ4v) is 3.69. The van der Waals surface area contributed by atoms with E-state index in [0.717, 1.165) is 32.7 Å². The number of aromatic nitrogens is 1. The molecule has 0 bridgehead atoms. The van der Waals surface area contributed by atoms with Crippen LogP contribution in [0.2, 0.25) is 0 Å². The first-order chi connectivity index (χ1) is 9.06. The quantitative estimate of drug-likeness (QED) is 0.679. The highest BCUT2D eigenvalue weighted by Gasteiger charge is 2.12. The molecule has 6 heteroatoms. The van der Waals surface area contributed by atoms with Crippen LogP contribution in [0.25, 0.3) is 21.2 Å². The first-order valence-electron chi connectivity index (χ1n) is 5.62. The summed E-state index contributed by atoms with van der Waals surface area (Å²) in [5.41, 5.74) is 2.79. The van der Waals surface area contributed by atoms with Crippen molar-refractivity contribution in [2.45, 2.75) is 18.1 Å². The zero-order chi connectivity index (χ0) is 13.6. The molecule has 98 valence electrons. The average molecular weight is 292 g/mol. The molecule has 0 aliphatic rings. The molecule has 1 aromatic carbocycles. The number of benzene rings is 1. The van der Waals surface area contributed by atoms with E-state index in [0.29, 0.717) is 4.21 Å². The molecule has 0 N–H and O–H groups in total. The Hall–Kier alpha value is -1.50. The Morgan fingerprint density at radius 2 is 2.11 bits per heavy atom. The third kappa shape index (κ3) is 2.11. The number of rotatable bonds is 2. The van der Waals surface area contributed by atoms with Crippen LogP contribution in [0.5, 0.6) is 0 Å². The maximum atomic E-state index is 11.0. The Bertz CT molecular complexity index is 769. The van der Waals surface area contributed by atoms with Gasteiger partial charge in [0.25, 0.3) is 0 Å². The van der Waals surface area contributed by atoms with E-state index in [1.165, 1.54) is 11.3 Å². The van der Waals surface area contributed by atoms with Crippen molar-refractivity contribution in [3.63, 3.8) is 0 Å². The maximum absolute atomic E-state index is 11.0. The van der Waals surface area contributed by atoms with Crippen LogP contribution in [0, 0.1) is 13.8 Å². The van der Waals surface area contributed by atoms with Crippen LogP contribution in [-0.2, 0) is 11.1 Å². The molecule has 3 aromatic rings. The fraction of sp³-hybridized carbons (Fsp3) is 0.154. The molecule has 0 aliphatic carbocycles. The summed E-state index contributed by atoms with van der Waals surface area (Å²) in [6.07, 6.45) is 0. The predicted octanol–water partition coefficient (Wildman–Crippen LogP) is 3.41. The first-order valence-corrected chi connectivity index (χ1v) is 7.51. The molecule has 0 saturated heterocycles. The van der Waals surface area contributed by atoms with Gasteiger partial charge in [-0.2, -0.15) is 0 Å². The monoisotopic (exact) mass is 292 g/mol. The van der Waals surface area contributed by atoms with E-state index < -0.39 is 11.1 Å². The highest BCUT2D eigenvalue weighted by Crippen LogP contribution is 2.33. The van der Waals surface area contributed by atoms with Gasteiger partial charge in [-0.25, -0.2) is 0 Å². The summed E-state index contributed by atoms with van der Waals surface area (Å²) >= 11 is -0.908. The number of aryl methyl sites for hydroxylation is 2. The van der Waals surface area contributed by atoms with E-state index in [9.17, 15) is 8.76 Å². The summed E-state index contributed by atoms with van der Waals surface area (Å²) in [5.74, 6) is 0.764. The topological polar surface area (TPSA) is 66.2 Å². The predicted molar refractivity (Wildman–Crippen MR) is 74.0 cm³/mol. The lowest BCUT2D eigenvalue weighted by atomic mass is 10.0. The van der Waals surface area contributed by atoms with E-state index in [1.54, 1.807) is 6.07 Å². The largest absolute Gasteiger partial charge is 0.768 e. The van der Waals surface area contributed by atoms with E-state index in [2.05, 4.69) is 5.16 Å². The van der Waals surface area contributed by atoms with Gasteiger partial charge in [-0.15, -0.1) is 11.3 Å². The molecular formula is C13H10NO3S2-. The Morgan fingerprint density at radius 3 is 2.74 bits per heavy atom. The van der Waals surface area contributed by atoms with Gasteiger partial charge in [0.05, 0.1) is 9.90 Å². The van der Waals surface area contributed by atoms with Crippen molar-refractivity contribution in [2.75, 3.05) is 0 Å². The Balaban J connectivity index is 2.19. The van der Waals surface area contributed by atoms with Crippen molar-refractivity contribution in [1.29, 1.82) is 0 Å². The highest BCUT2D eigenvalue weighted by molar-refractivity contribution is 7.82. The molecule has 2 aromatic heterocycles. The molecule has 4 nitrogen and oxygen atoms in total. The van der Waals surface area contributed by atoms with Gasteiger partial charge in [0.2, 0.25) is 0 Å². The minimum Gasteiger partial charge on any atom is -0.768 e. The van der Waals surface area contributed by atoms with E-state index in [-0.39, 0.29) is 0 Å². The van der Waals surface area contributed by atoms with Crippen molar-refractivity contribution < 1.29 is 13.3 Å². The molecule has 3 rings (SSSR count). The normalized spacial score (nSPS) is 13.0. The van der Waals surface area contributed by atoms with Gasteiger partial charge in [0.1, 0.15) is 5.76 Å². The lowest BCUT2D eigenvalue weighted by molar-refractivity contribution is 0.393. The van der Waals surface area contributed by atoms with Crippen molar-refractivity contribution >= 4 is 32.5 Å². The third-order valence-electron chi connectivity index (χ3n) is 2.98. The molecule has 0 fully saturated rings. The Kier molecular flexibility index (Phi) is 3.00. The highest BCUT2D eigenvalue weighted by atomic mass is 32.2. The van der Waals surface area contributed by atoms with Crippen molar-refractivity contribution in [2.24, 2.45) is 0 Å². The summed E-state index contributed by atoms with van der Waals surface area (Å²) in [7, 11) is 0. The Morgan fingerprint density at radius 1 is 1.32 bits per heavy atom. The Labute approximate surface area is 116 Å². The van der Waals surface area contributed by atoms with Gasteiger partial charge in [-0.1, -0.05) is 11.2 Å². The van der Waals surface area contributed by atoms with Crippen LogP contribution in [-0.4, -0.2) is 13.9 Å². The summed E-state index contributed by atoms with van der Waals surface area (Å²) in [5, 5.41) is 4.85. The molecular weight excluding hydrogens is 282 g/mol. The number of nitrogens with zero attached hydrogens (tertiary/aromatic N) is 1. The smallest absolute Gasteiger partial charge is 0.141 e. The van der Waals surface area contributed by atoms with E-state index in [4.69, 9.17) is 4.52 Å². The van der Waals surface area contributed by atoms with E-state index in [1.807, 2.05) is 32.0 Å². The van der Waals surface area contributed by atoms with Gasteiger partial charge >= 0.3 is 0 Å². The summed E-state index contributed by atoms with van der Waals surface area (Å²) in [6, 6.07) is 7.54. The molecule has 0 spiro atoms. The summed E-state index contributed by atoms with van der Waals surface area (Å²) in [6.45, 7) is 3.76. The second kappa shape index (κ2) is 4.56. The molecule has 19 heavy (non-hydrogen) atoms. The van der Waals surface area contributed by atoms with Crippen LogP contribution in [0.4, 0.5) is 0 Å². The molecule has 1 atom stereocenters. The van der Waals surface area contributed by atoms with Gasteiger partial charge in [0, 0.05) is 10.3 Å².